The molecule has 2 N–H and O–H groups in total. The first-order valence-electron chi connectivity index (χ1n) is 16.0. The van der Waals surface area contributed by atoms with Gasteiger partial charge in [0.25, 0.3) is 5.91 Å². The van der Waals surface area contributed by atoms with Gasteiger partial charge in [-0.2, -0.15) is 11.8 Å². The summed E-state index contributed by atoms with van der Waals surface area (Å²) in [5, 5.41) is 7.10. The highest BCUT2D eigenvalue weighted by Crippen LogP contribution is 2.34. The lowest BCUT2D eigenvalue weighted by atomic mass is 9.80. The van der Waals surface area contributed by atoms with E-state index in [2.05, 4.69) is 20.4 Å². The summed E-state index contributed by atoms with van der Waals surface area (Å²) in [5.41, 5.74) is 0.557. The van der Waals surface area contributed by atoms with Crippen LogP contribution in [0.2, 0.25) is 0 Å². The molecular weight excluding hydrogens is 599 g/mol. The third kappa shape index (κ3) is 8.10. The molecule has 0 bridgehead atoms. The predicted octanol–water partition coefficient (Wildman–Crippen LogP) is 3.47. The van der Waals surface area contributed by atoms with Gasteiger partial charge in [0, 0.05) is 43.5 Å². The first-order valence-corrected chi connectivity index (χ1v) is 18.4. The van der Waals surface area contributed by atoms with Gasteiger partial charge in [0.1, 0.15) is 11.6 Å². The number of carbonyl (C=O) groups excluding carboxylic acids is 3. The number of esters is 1. The van der Waals surface area contributed by atoms with Crippen molar-refractivity contribution in [3.05, 3.63) is 35.4 Å². The zero-order valence-corrected chi connectivity index (χ0v) is 27.7. The zero-order chi connectivity index (χ0) is 30.9. The second kappa shape index (κ2) is 15.8. The topological polar surface area (TPSA) is 113 Å². The zero-order valence-electron chi connectivity index (χ0n) is 26.1. The Bertz CT molecular complexity index is 1160. The van der Waals surface area contributed by atoms with Crippen molar-refractivity contribution in [1.29, 1.82) is 0 Å². The summed E-state index contributed by atoms with van der Waals surface area (Å²) in [7, 11) is 1.33. The van der Waals surface area contributed by atoms with E-state index in [9.17, 15) is 14.4 Å². The number of piperidine rings is 1. The van der Waals surface area contributed by atoms with Crippen LogP contribution in [0.15, 0.2) is 29.3 Å². The molecule has 44 heavy (non-hydrogen) atoms. The Morgan fingerprint density at radius 2 is 1.80 bits per heavy atom. The number of likely N-dealkylation sites (tertiary alicyclic amines) is 1. The molecule has 3 heterocycles. The van der Waals surface area contributed by atoms with E-state index in [-0.39, 0.29) is 17.9 Å². The van der Waals surface area contributed by atoms with E-state index in [0.717, 1.165) is 88.0 Å². The Kier molecular flexibility index (Phi) is 11.9. The Morgan fingerprint density at radius 1 is 1.09 bits per heavy atom. The number of thioether (sulfide) groups is 2. The van der Waals surface area contributed by atoms with Gasteiger partial charge in [-0.3, -0.25) is 19.5 Å². The van der Waals surface area contributed by atoms with E-state index < -0.39 is 17.6 Å². The number of hydrogen-bond acceptors (Lipinski definition) is 10. The molecule has 0 aromatic heterocycles. The van der Waals surface area contributed by atoms with Crippen molar-refractivity contribution in [1.82, 2.24) is 20.4 Å². The highest BCUT2D eigenvalue weighted by molar-refractivity contribution is 8.14. The van der Waals surface area contributed by atoms with Crippen LogP contribution in [0, 0.1) is 0 Å². The number of amidine groups is 1. The molecule has 1 saturated carbocycles. The number of carbonyl (C=O) groups is 3. The van der Waals surface area contributed by atoms with Crippen LogP contribution in [0.4, 0.5) is 0 Å². The normalized spacial score (nSPS) is 23.5. The van der Waals surface area contributed by atoms with Gasteiger partial charge in [-0.25, -0.2) is 4.79 Å². The van der Waals surface area contributed by atoms with Gasteiger partial charge < -0.3 is 25.0 Å². The van der Waals surface area contributed by atoms with E-state index in [1.165, 1.54) is 7.11 Å². The minimum Gasteiger partial charge on any atom is -0.467 e. The summed E-state index contributed by atoms with van der Waals surface area (Å²) in [5.74, 6) is 0.557. The molecule has 12 heteroatoms. The number of amides is 2. The number of nitrogens with zero attached hydrogens (tertiary/aromatic N) is 3. The fraction of sp³-hybridized carbons (Fsp3) is 0.688. The number of rotatable bonds is 10. The van der Waals surface area contributed by atoms with Crippen LogP contribution in [-0.4, -0.2) is 115 Å². The van der Waals surface area contributed by atoms with Crippen LogP contribution in [0.25, 0.3) is 0 Å². The number of nitrogens with one attached hydrogen (secondary N) is 2. The predicted molar refractivity (Wildman–Crippen MR) is 176 cm³/mol. The van der Waals surface area contributed by atoms with Gasteiger partial charge in [-0.15, -0.1) is 0 Å². The Hall–Kier alpha value is -2.28. The largest absolute Gasteiger partial charge is 0.467 e. The summed E-state index contributed by atoms with van der Waals surface area (Å²) in [6.07, 6.45) is 8.53. The van der Waals surface area contributed by atoms with Crippen molar-refractivity contribution in [2.75, 3.05) is 64.3 Å². The van der Waals surface area contributed by atoms with E-state index >= 15 is 0 Å². The van der Waals surface area contributed by atoms with Gasteiger partial charge in [0.05, 0.1) is 26.4 Å². The first kappa shape index (κ1) is 33.1. The van der Waals surface area contributed by atoms with Crippen molar-refractivity contribution < 1.29 is 23.9 Å². The fourth-order valence-corrected chi connectivity index (χ4v) is 8.32. The molecule has 0 spiro atoms. The third-order valence-electron chi connectivity index (χ3n) is 9.39. The van der Waals surface area contributed by atoms with Crippen LogP contribution in [0.1, 0.15) is 73.3 Å². The van der Waals surface area contributed by atoms with Crippen LogP contribution in [-0.2, 0) is 19.1 Å². The molecular formula is C32H47N5O5S2. The summed E-state index contributed by atoms with van der Waals surface area (Å²) in [6.45, 7) is 5.84. The molecule has 3 aliphatic heterocycles. The lowest BCUT2D eigenvalue weighted by molar-refractivity contribution is -0.146. The molecule has 4 aliphatic rings. The summed E-state index contributed by atoms with van der Waals surface area (Å²) in [4.78, 5) is 49.5. The summed E-state index contributed by atoms with van der Waals surface area (Å²) in [6, 6.07) is 7.62. The minimum atomic E-state index is -1.05. The molecule has 1 aliphatic carbocycles. The van der Waals surface area contributed by atoms with Crippen LogP contribution in [0.3, 0.4) is 0 Å². The SMILES string of the molecule is COC(=O)[C@H](CCSC)NC(=O)C1(NC(=O)c2ccc(C3CSC(N4CCC(N5CCOCC5)CC4)=N3)cc2)CCCCC1. The molecule has 242 valence electrons. The minimum absolute atomic E-state index is 0.0658. The molecule has 3 fully saturated rings. The molecule has 2 amide bonds. The van der Waals surface area contributed by atoms with E-state index in [4.69, 9.17) is 14.5 Å². The molecule has 0 radical (unpaired) electrons. The lowest BCUT2D eigenvalue weighted by Gasteiger charge is -2.40. The van der Waals surface area contributed by atoms with Crippen molar-refractivity contribution in [2.45, 2.75) is 75.0 Å². The maximum atomic E-state index is 13.6. The smallest absolute Gasteiger partial charge is 0.328 e. The van der Waals surface area contributed by atoms with Crippen LogP contribution in [0.5, 0.6) is 0 Å². The number of methoxy groups -OCH3 is 1. The molecule has 10 nitrogen and oxygen atoms in total. The van der Waals surface area contributed by atoms with Crippen LogP contribution >= 0.6 is 23.5 Å². The van der Waals surface area contributed by atoms with Crippen molar-refractivity contribution in [3.63, 3.8) is 0 Å². The van der Waals surface area contributed by atoms with Gasteiger partial charge in [0.15, 0.2) is 5.17 Å². The molecule has 2 saturated heterocycles. The van der Waals surface area contributed by atoms with Gasteiger partial charge in [0.2, 0.25) is 5.91 Å². The Labute approximate surface area is 269 Å². The number of ether oxygens (including phenoxy) is 2. The average Bonchev–Trinajstić information content (AvgIpc) is 3.57. The fourth-order valence-electron chi connectivity index (χ4n) is 6.70. The van der Waals surface area contributed by atoms with Gasteiger partial charge in [-0.1, -0.05) is 43.2 Å². The highest BCUT2D eigenvalue weighted by Gasteiger charge is 2.42. The quantitative estimate of drug-likeness (QED) is 0.370. The van der Waals surface area contributed by atoms with Gasteiger partial charge in [-0.05, 0) is 61.8 Å². The maximum absolute atomic E-state index is 13.6. The monoisotopic (exact) mass is 645 g/mol. The molecule has 2 atom stereocenters. The van der Waals surface area contributed by atoms with Crippen LogP contribution < -0.4 is 10.6 Å². The third-order valence-corrected chi connectivity index (χ3v) is 11.1. The summed E-state index contributed by atoms with van der Waals surface area (Å²) >= 11 is 3.43. The number of aliphatic imine (C=N–C) groups is 1. The van der Waals surface area contributed by atoms with E-state index in [1.807, 2.05) is 42.3 Å². The second-order valence-electron chi connectivity index (χ2n) is 12.2. The van der Waals surface area contributed by atoms with Crippen molar-refractivity contribution in [3.8, 4) is 0 Å². The lowest BCUT2D eigenvalue weighted by Crippen LogP contribution is -2.62. The maximum Gasteiger partial charge on any atom is 0.328 e. The first-order chi connectivity index (χ1) is 21.4. The van der Waals surface area contributed by atoms with Crippen molar-refractivity contribution >= 4 is 46.5 Å². The highest BCUT2D eigenvalue weighted by atomic mass is 32.2. The molecule has 1 unspecified atom stereocenters. The molecule has 5 rings (SSSR count). The Morgan fingerprint density at radius 3 is 2.45 bits per heavy atom. The second-order valence-corrected chi connectivity index (χ2v) is 14.1. The standard InChI is InChI=1S/C32H47N5O5S2/c1-41-29(39)26(12-21-43-2)33-30(40)32(13-4-3-5-14-32)35-28(38)24-8-6-23(7-9-24)27-22-44-31(34-27)37-15-10-25(11-16-37)36-17-19-42-20-18-36/h6-9,25-27H,3-5,10-22H2,1-2H3,(H,33,40)(H,35,38)/t26-,27?/m0/s1. The van der Waals surface area contributed by atoms with E-state index in [0.29, 0.717) is 36.6 Å². The van der Waals surface area contributed by atoms with Gasteiger partial charge >= 0.3 is 5.97 Å². The average molecular weight is 646 g/mol. The molecule has 1 aromatic carbocycles. The Balaban J connectivity index is 1.18. The van der Waals surface area contributed by atoms with E-state index in [1.54, 1.807) is 11.8 Å². The number of benzene rings is 1. The molecule has 1 aromatic rings. The van der Waals surface area contributed by atoms with Crippen molar-refractivity contribution in [2.24, 2.45) is 4.99 Å². The number of hydrogen-bond donors (Lipinski definition) is 2. The number of morpholine rings is 1. The summed E-state index contributed by atoms with van der Waals surface area (Å²) < 4.78 is 10.5.